The standard InChI is InChI=1S/C22H25N5O2/c1-14-13-23-27(18-10-5-8-16-7-3-4-9-17(16)18)20(14)24-21(28)19-15(2)22-26(25-19)11-6-12-29-22/h3-4,7,9,13,18H,5-6,8,10-12H2,1-2H3,(H,24,28). The van der Waals surface area contributed by atoms with Crippen LogP contribution in [0, 0.1) is 13.8 Å². The first-order chi connectivity index (χ1) is 14.1. The van der Waals surface area contributed by atoms with Gasteiger partial charge in [0.2, 0.25) is 5.88 Å². The molecule has 0 fully saturated rings. The van der Waals surface area contributed by atoms with Gasteiger partial charge in [0.25, 0.3) is 5.91 Å². The molecule has 0 radical (unpaired) electrons. The number of anilines is 1. The van der Waals surface area contributed by atoms with Gasteiger partial charge in [0.1, 0.15) is 5.82 Å². The van der Waals surface area contributed by atoms with Gasteiger partial charge in [-0.25, -0.2) is 9.36 Å². The quantitative estimate of drug-likeness (QED) is 0.739. The molecule has 0 saturated heterocycles. The SMILES string of the molecule is Cc1cnn(C2CCCc3ccccc32)c1NC(=O)c1nn2c(c1C)OCCC2. The Labute approximate surface area is 169 Å². The van der Waals surface area contributed by atoms with Crippen LogP contribution in [0.5, 0.6) is 5.88 Å². The van der Waals surface area contributed by atoms with E-state index in [1.807, 2.05) is 24.7 Å². The lowest BCUT2D eigenvalue weighted by Crippen LogP contribution is -2.23. The minimum atomic E-state index is -0.220. The number of amides is 1. The fourth-order valence-corrected chi connectivity index (χ4v) is 4.46. The minimum absolute atomic E-state index is 0.128. The van der Waals surface area contributed by atoms with Crippen LogP contribution in [0.15, 0.2) is 30.5 Å². The van der Waals surface area contributed by atoms with E-state index in [9.17, 15) is 4.79 Å². The van der Waals surface area contributed by atoms with Crippen LogP contribution in [0.2, 0.25) is 0 Å². The van der Waals surface area contributed by atoms with E-state index < -0.39 is 0 Å². The van der Waals surface area contributed by atoms with Gasteiger partial charge >= 0.3 is 0 Å². The monoisotopic (exact) mass is 391 g/mol. The van der Waals surface area contributed by atoms with E-state index in [2.05, 4.69) is 39.8 Å². The zero-order valence-corrected chi connectivity index (χ0v) is 16.8. The molecule has 3 aromatic rings. The lowest BCUT2D eigenvalue weighted by atomic mass is 9.88. The zero-order valence-electron chi connectivity index (χ0n) is 16.8. The van der Waals surface area contributed by atoms with Crippen LogP contribution in [0.25, 0.3) is 0 Å². The molecule has 29 heavy (non-hydrogen) atoms. The molecule has 1 atom stereocenters. The number of fused-ring (bicyclic) bond motifs is 2. The molecular formula is C22H25N5O2. The molecule has 2 aromatic heterocycles. The Kier molecular flexibility index (Phi) is 4.38. The molecule has 1 aliphatic heterocycles. The lowest BCUT2D eigenvalue weighted by molar-refractivity contribution is 0.101. The summed E-state index contributed by atoms with van der Waals surface area (Å²) >= 11 is 0. The number of nitrogens with zero attached hydrogens (tertiary/aromatic N) is 4. The van der Waals surface area contributed by atoms with Crippen LogP contribution in [-0.4, -0.2) is 32.1 Å². The van der Waals surface area contributed by atoms with Gasteiger partial charge in [0.05, 0.1) is 18.8 Å². The van der Waals surface area contributed by atoms with E-state index in [-0.39, 0.29) is 11.9 Å². The van der Waals surface area contributed by atoms with Gasteiger partial charge in [0, 0.05) is 24.1 Å². The number of hydrogen-bond donors (Lipinski definition) is 1. The fraction of sp³-hybridized carbons (Fsp3) is 0.409. The molecule has 0 bridgehead atoms. The number of ether oxygens (including phenoxy) is 1. The fourth-order valence-electron chi connectivity index (χ4n) is 4.46. The van der Waals surface area contributed by atoms with Crippen LogP contribution < -0.4 is 10.1 Å². The van der Waals surface area contributed by atoms with Gasteiger partial charge in [-0.1, -0.05) is 24.3 Å². The Morgan fingerprint density at radius 1 is 1.24 bits per heavy atom. The van der Waals surface area contributed by atoms with Gasteiger partial charge in [0.15, 0.2) is 5.69 Å². The molecule has 1 amide bonds. The first kappa shape index (κ1) is 18.0. The summed E-state index contributed by atoms with van der Waals surface area (Å²) in [6, 6.07) is 8.65. The molecule has 1 aliphatic carbocycles. The van der Waals surface area contributed by atoms with Crippen molar-refractivity contribution in [2.24, 2.45) is 0 Å². The Morgan fingerprint density at radius 2 is 2.10 bits per heavy atom. The van der Waals surface area contributed by atoms with Crippen molar-refractivity contribution in [3.8, 4) is 5.88 Å². The number of hydrogen-bond acceptors (Lipinski definition) is 4. The van der Waals surface area contributed by atoms with Crippen molar-refractivity contribution in [1.29, 1.82) is 0 Å². The molecule has 1 unspecified atom stereocenters. The Balaban J connectivity index is 1.48. The first-order valence-corrected chi connectivity index (χ1v) is 10.3. The number of carbonyl (C=O) groups excluding carboxylic acids is 1. The molecule has 5 rings (SSSR count). The summed E-state index contributed by atoms with van der Waals surface area (Å²) in [6.07, 6.45) is 5.93. The minimum Gasteiger partial charge on any atom is -0.478 e. The third-order valence-electron chi connectivity index (χ3n) is 5.94. The number of aryl methyl sites for hydroxylation is 3. The van der Waals surface area contributed by atoms with Gasteiger partial charge in [-0.3, -0.25) is 4.79 Å². The van der Waals surface area contributed by atoms with E-state index >= 15 is 0 Å². The highest BCUT2D eigenvalue weighted by Crippen LogP contribution is 2.35. The zero-order chi connectivity index (χ0) is 20.0. The van der Waals surface area contributed by atoms with Crippen molar-refractivity contribution in [2.75, 3.05) is 11.9 Å². The smallest absolute Gasteiger partial charge is 0.277 e. The normalized spacial score (nSPS) is 17.9. The van der Waals surface area contributed by atoms with Crippen molar-refractivity contribution in [2.45, 2.75) is 52.1 Å². The van der Waals surface area contributed by atoms with Crippen molar-refractivity contribution < 1.29 is 9.53 Å². The molecule has 7 heteroatoms. The Hall–Kier alpha value is -3.09. The van der Waals surface area contributed by atoms with Crippen molar-refractivity contribution in [3.05, 3.63) is 58.4 Å². The highest BCUT2D eigenvalue weighted by molar-refractivity contribution is 6.04. The van der Waals surface area contributed by atoms with Gasteiger partial charge in [-0.2, -0.15) is 10.2 Å². The van der Waals surface area contributed by atoms with Crippen LogP contribution in [0.3, 0.4) is 0 Å². The number of rotatable bonds is 3. The third-order valence-corrected chi connectivity index (χ3v) is 5.94. The topological polar surface area (TPSA) is 74.0 Å². The lowest BCUT2D eigenvalue weighted by Gasteiger charge is -2.27. The molecule has 7 nitrogen and oxygen atoms in total. The van der Waals surface area contributed by atoms with Crippen molar-refractivity contribution >= 4 is 11.7 Å². The Bertz CT molecular complexity index is 1080. The summed E-state index contributed by atoms with van der Waals surface area (Å²) < 4.78 is 9.46. The number of carbonyl (C=O) groups is 1. The molecular weight excluding hydrogens is 366 g/mol. The maximum Gasteiger partial charge on any atom is 0.277 e. The maximum atomic E-state index is 13.1. The van der Waals surface area contributed by atoms with Crippen LogP contribution in [0.1, 0.15) is 58.0 Å². The molecule has 1 N–H and O–H groups in total. The molecule has 3 heterocycles. The summed E-state index contributed by atoms with van der Waals surface area (Å²) in [4.78, 5) is 13.1. The van der Waals surface area contributed by atoms with E-state index in [0.717, 1.165) is 49.2 Å². The molecule has 0 saturated carbocycles. The van der Waals surface area contributed by atoms with Crippen LogP contribution in [0.4, 0.5) is 5.82 Å². The third kappa shape index (κ3) is 3.01. The average Bonchev–Trinajstić information content (AvgIpc) is 3.28. The number of nitrogens with one attached hydrogen (secondary N) is 1. The van der Waals surface area contributed by atoms with Gasteiger partial charge in [-0.05, 0) is 44.2 Å². The molecule has 2 aliphatic rings. The largest absolute Gasteiger partial charge is 0.478 e. The van der Waals surface area contributed by atoms with E-state index in [1.165, 1.54) is 11.1 Å². The van der Waals surface area contributed by atoms with Crippen molar-refractivity contribution in [1.82, 2.24) is 19.6 Å². The van der Waals surface area contributed by atoms with Crippen LogP contribution in [-0.2, 0) is 13.0 Å². The summed E-state index contributed by atoms with van der Waals surface area (Å²) in [7, 11) is 0. The number of aromatic nitrogens is 4. The summed E-state index contributed by atoms with van der Waals surface area (Å²) in [6.45, 7) is 5.31. The van der Waals surface area contributed by atoms with E-state index in [1.54, 1.807) is 4.68 Å². The molecule has 0 spiro atoms. The highest BCUT2D eigenvalue weighted by atomic mass is 16.5. The Morgan fingerprint density at radius 3 is 2.97 bits per heavy atom. The van der Waals surface area contributed by atoms with Gasteiger partial charge < -0.3 is 10.1 Å². The predicted octanol–water partition coefficient (Wildman–Crippen LogP) is 3.66. The molecule has 1 aromatic carbocycles. The average molecular weight is 391 g/mol. The summed E-state index contributed by atoms with van der Waals surface area (Å²) in [5, 5.41) is 12.2. The summed E-state index contributed by atoms with van der Waals surface area (Å²) in [5.41, 5.74) is 4.80. The highest BCUT2D eigenvalue weighted by Gasteiger charge is 2.28. The van der Waals surface area contributed by atoms with E-state index in [4.69, 9.17) is 4.74 Å². The molecule has 150 valence electrons. The predicted molar refractivity (Wildman–Crippen MR) is 110 cm³/mol. The van der Waals surface area contributed by atoms with Crippen LogP contribution >= 0.6 is 0 Å². The van der Waals surface area contributed by atoms with E-state index in [0.29, 0.717) is 18.2 Å². The summed E-state index contributed by atoms with van der Waals surface area (Å²) in [5.74, 6) is 1.22. The second kappa shape index (κ2) is 7.06. The second-order valence-corrected chi connectivity index (χ2v) is 7.89. The second-order valence-electron chi connectivity index (χ2n) is 7.89. The number of benzene rings is 1. The van der Waals surface area contributed by atoms with Crippen molar-refractivity contribution in [3.63, 3.8) is 0 Å². The first-order valence-electron chi connectivity index (χ1n) is 10.3. The maximum absolute atomic E-state index is 13.1. The van der Waals surface area contributed by atoms with Gasteiger partial charge in [-0.15, -0.1) is 0 Å².